The Morgan fingerprint density at radius 1 is 1.60 bits per heavy atom. The van der Waals surface area contributed by atoms with Crippen LogP contribution < -0.4 is 16.8 Å². The van der Waals surface area contributed by atoms with Crippen molar-refractivity contribution >= 4 is 37.8 Å². The molecule has 0 bridgehead atoms. The van der Waals surface area contributed by atoms with Crippen molar-refractivity contribution in [1.82, 2.24) is 9.99 Å². The first-order valence-electron chi connectivity index (χ1n) is 4.05. The van der Waals surface area contributed by atoms with E-state index >= 15 is 0 Å². The molecule has 0 saturated carbocycles. The van der Waals surface area contributed by atoms with Gasteiger partial charge < -0.3 is 4.57 Å². The van der Waals surface area contributed by atoms with Crippen LogP contribution >= 0.6 is 31.9 Å². The second-order valence-corrected chi connectivity index (χ2v) is 4.67. The molecule has 0 radical (unpaired) electrons. The van der Waals surface area contributed by atoms with Gasteiger partial charge in [-0.25, -0.2) is 5.84 Å². The van der Waals surface area contributed by atoms with Gasteiger partial charge in [0.25, 0.3) is 11.5 Å². The number of nitrogens with one attached hydrogen (secondary N) is 1. The summed E-state index contributed by atoms with van der Waals surface area (Å²) in [4.78, 5) is 22.9. The van der Waals surface area contributed by atoms with Gasteiger partial charge in [0.1, 0.15) is 6.04 Å². The predicted octanol–water partition coefficient (Wildman–Crippen LogP) is 0.924. The maximum atomic E-state index is 11.7. The molecule has 1 rings (SSSR count). The minimum absolute atomic E-state index is 0.283. The Labute approximate surface area is 103 Å². The Hall–Kier alpha value is -0.660. The van der Waals surface area contributed by atoms with E-state index in [0.29, 0.717) is 8.95 Å². The first-order chi connectivity index (χ1) is 6.97. The summed E-state index contributed by atoms with van der Waals surface area (Å²) >= 11 is 6.34. The number of rotatable bonds is 2. The van der Waals surface area contributed by atoms with Crippen LogP contribution in [0.3, 0.4) is 0 Å². The van der Waals surface area contributed by atoms with Gasteiger partial charge in [0.15, 0.2) is 0 Å². The van der Waals surface area contributed by atoms with E-state index < -0.39 is 11.9 Å². The molecular formula is C8H9Br2N3O2. The first-order valence-corrected chi connectivity index (χ1v) is 5.63. The number of hydrogen-bond donors (Lipinski definition) is 2. The van der Waals surface area contributed by atoms with Crippen LogP contribution in [0.1, 0.15) is 13.0 Å². The largest absolute Gasteiger partial charge is 0.301 e. The number of aromatic nitrogens is 1. The monoisotopic (exact) mass is 337 g/mol. The van der Waals surface area contributed by atoms with Gasteiger partial charge in [-0.1, -0.05) is 0 Å². The van der Waals surface area contributed by atoms with E-state index in [1.54, 1.807) is 13.0 Å². The summed E-state index contributed by atoms with van der Waals surface area (Å²) in [7, 11) is 0. The van der Waals surface area contributed by atoms with E-state index in [4.69, 9.17) is 5.84 Å². The molecule has 0 aromatic carbocycles. The quantitative estimate of drug-likeness (QED) is 0.478. The normalized spacial score (nSPS) is 12.3. The summed E-state index contributed by atoms with van der Waals surface area (Å²) < 4.78 is 2.37. The van der Waals surface area contributed by atoms with E-state index in [-0.39, 0.29) is 5.56 Å². The molecule has 1 atom stereocenters. The lowest BCUT2D eigenvalue weighted by Crippen LogP contribution is -2.39. The summed E-state index contributed by atoms with van der Waals surface area (Å²) in [6, 6.07) is 0.961. The van der Waals surface area contributed by atoms with Crippen LogP contribution in [-0.2, 0) is 4.79 Å². The number of carbonyl (C=O) groups is 1. The second-order valence-electron chi connectivity index (χ2n) is 2.90. The number of halogens is 2. The van der Waals surface area contributed by atoms with Crippen LogP contribution in [0, 0.1) is 0 Å². The van der Waals surface area contributed by atoms with E-state index in [9.17, 15) is 9.59 Å². The molecule has 5 nitrogen and oxygen atoms in total. The van der Waals surface area contributed by atoms with Crippen LogP contribution in [0.2, 0.25) is 0 Å². The van der Waals surface area contributed by atoms with Gasteiger partial charge >= 0.3 is 0 Å². The highest BCUT2D eigenvalue weighted by atomic mass is 79.9. The zero-order valence-electron chi connectivity index (χ0n) is 7.83. The zero-order chi connectivity index (χ0) is 11.6. The summed E-state index contributed by atoms with van der Waals surface area (Å²) in [6.45, 7) is 1.59. The van der Waals surface area contributed by atoms with Crippen LogP contribution in [0.5, 0.6) is 0 Å². The van der Waals surface area contributed by atoms with Crippen molar-refractivity contribution in [3.05, 3.63) is 31.6 Å². The van der Waals surface area contributed by atoms with Crippen LogP contribution in [-0.4, -0.2) is 10.5 Å². The van der Waals surface area contributed by atoms with Crippen molar-refractivity contribution in [2.45, 2.75) is 13.0 Å². The second kappa shape index (κ2) is 4.91. The third-order valence-electron chi connectivity index (χ3n) is 1.90. The van der Waals surface area contributed by atoms with Gasteiger partial charge in [0, 0.05) is 10.7 Å². The maximum Gasteiger partial charge on any atom is 0.265 e. The summed E-state index contributed by atoms with van der Waals surface area (Å²) in [5.74, 6) is 4.57. The maximum absolute atomic E-state index is 11.7. The minimum Gasteiger partial charge on any atom is -0.301 e. The van der Waals surface area contributed by atoms with E-state index in [0.717, 1.165) is 0 Å². The highest BCUT2D eigenvalue weighted by Crippen LogP contribution is 2.15. The average Bonchev–Trinajstić information content (AvgIpc) is 2.21. The first kappa shape index (κ1) is 12.4. The molecule has 7 heteroatoms. The highest BCUT2D eigenvalue weighted by Gasteiger charge is 2.16. The molecule has 15 heavy (non-hydrogen) atoms. The predicted molar refractivity (Wildman–Crippen MR) is 63.1 cm³/mol. The molecule has 0 aliphatic rings. The van der Waals surface area contributed by atoms with Gasteiger partial charge in [-0.2, -0.15) is 0 Å². The average molecular weight is 339 g/mol. The fraction of sp³-hybridized carbons (Fsp3) is 0.250. The number of hydrazine groups is 1. The van der Waals surface area contributed by atoms with Gasteiger partial charge in [-0.15, -0.1) is 0 Å². The third-order valence-corrected chi connectivity index (χ3v) is 2.91. The Kier molecular flexibility index (Phi) is 4.06. The van der Waals surface area contributed by atoms with Crippen molar-refractivity contribution in [3.8, 4) is 0 Å². The molecule has 0 spiro atoms. The van der Waals surface area contributed by atoms with Crippen LogP contribution in [0.4, 0.5) is 0 Å². The number of carbonyl (C=O) groups excluding carboxylic acids is 1. The molecule has 82 valence electrons. The minimum atomic E-state index is -0.656. The van der Waals surface area contributed by atoms with E-state index in [1.807, 2.05) is 5.43 Å². The fourth-order valence-electron chi connectivity index (χ4n) is 1.07. The molecule has 0 aliphatic heterocycles. The smallest absolute Gasteiger partial charge is 0.265 e. The lowest BCUT2D eigenvalue weighted by atomic mass is 10.3. The molecule has 1 amide bonds. The number of hydrogen-bond acceptors (Lipinski definition) is 3. The van der Waals surface area contributed by atoms with Crippen molar-refractivity contribution < 1.29 is 4.79 Å². The van der Waals surface area contributed by atoms with Crippen molar-refractivity contribution in [2.75, 3.05) is 0 Å². The molecule has 1 aromatic heterocycles. The molecule has 1 heterocycles. The molecule has 0 saturated heterocycles. The van der Waals surface area contributed by atoms with Crippen molar-refractivity contribution in [1.29, 1.82) is 0 Å². The molecule has 1 unspecified atom stereocenters. The third kappa shape index (κ3) is 2.67. The standard InChI is InChI=1S/C8H9Br2N3O2/c1-4(7(14)12-11)13-3-5(9)2-6(10)8(13)15/h2-4H,11H2,1H3,(H,12,14). The number of nitrogens with two attached hydrogens (primary N) is 1. The molecule has 1 aromatic rings. The number of nitrogens with zero attached hydrogens (tertiary/aromatic N) is 1. The molecule has 3 N–H and O–H groups in total. The number of amides is 1. The van der Waals surface area contributed by atoms with Gasteiger partial charge in [-0.05, 0) is 44.8 Å². The number of pyridine rings is 1. The van der Waals surface area contributed by atoms with Crippen molar-refractivity contribution in [2.24, 2.45) is 5.84 Å². The topological polar surface area (TPSA) is 77.1 Å². The van der Waals surface area contributed by atoms with Gasteiger partial charge in [-0.3, -0.25) is 15.0 Å². The fourth-order valence-corrected chi connectivity index (χ4v) is 2.28. The molecule has 0 fully saturated rings. The van der Waals surface area contributed by atoms with Crippen LogP contribution in [0.15, 0.2) is 26.0 Å². The van der Waals surface area contributed by atoms with Crippen molar-refractivity contribution in [3.63, 3.8) is 0 Å². The van der Waals surface area contributed by atoms with E-state index in [1.165, 1.54) is 10.8 Å². The molecular weight excluding hydrogens is 330 g/mol. The molecule has 0 aliphatic carbocycles. The zero-order valence-corrected chi connectivity index (χ0v) is 11.0. The van der Waals surface area contributed by atoms with E-state index in [2.05, 4.69) is 31.9 Å². The Bertz CT molecular complexity index is 444. The summed E-state index contributed by atoms with van der Waals surface area (Å²) in [6.07, 6.45) is 1.53. The van der Waals surface area contributed by atoms with Gasteiger partial charge in [0.05, 0.1) is 4.47 Å². The Morgan fingerprint density at radius 2 is 2.20 bits per heavy atom. The lowest BCUT2D eigenvalue weighted by molar-refractivity contribution is -0.124. The summed E-state index contributed by atoms with van der Waals surface area (Å²) in [5.41, 5.74) is 1.72. The van der Waals surface area contributed by atoms with Gasteiger partial charge in [0.2, 0.25) is 0 Å². The summed E-state index contributed by atoms with van der Waals surface area (Å²) in [5, 5.41) is 0. The van der Waals surface area contributed by atoms with Crippen LogP contribution in [0.25, 0.3) is 0 Å². The lowest BCUT2D eigenvalue weighted by Gasteiger charge is -2.13. The highest BCUT2D eigenvalue weighted by molar-refractivity contribution is 9.11. The Morgan fingerprint density at radius 3 is 2.73 bits per heavy atom. The Balaban J connectivity index is 3.25. The SMILES string of the molecule is CC(C(=O)NN)n1cc(Br)cc(Br)c1=O.